The van der Waals surface area contributed by atoms with Gasteiger partial charge in [-0.2, -0.15) is 11.8 Å². The lowest BCUT2D eigenvalue weighted by atomic mass is 10.2. The van der Waals surface area contributed by atoms with Gasteiger partial charge in [0.15, 0.2) is 0 Å². The summed E-state index contributed by atoms with van der Waals surface area (Å²) in [6.45, 7) is 7.56. The summed E-state index contributed by atoms with van der Waals surface area (Å²) in [6.07, 6.45) is 0. The van der Waals surface area contributed by atoms with E-state index in [9.17, 15) is 9.59 Å². The van der Waals surface area contributed by atoms with Gasteiger partial charge in [0.05, 0.1) is 5.92 Å². The van der Waals surface area contributed by atoms with Crippen molar-refractivity contribution in [2.45, 2.75) is 31.3 Å². The number of thioether (sulfide) groups is 1. The Morgan fingerprint density at radius 1 is 1.39 bits per heavy atom. The lowest BCUT2D eigenvalue weighted by molar-refractivity contribution is -0.141. The highest BCUT2D eigenvalue weighted by molar-refractivity contribution is 8.00. The smallest absolute Gasteiger partial charge is 0.319 e. The van der Waals surface area contributed by atoms with E-state index in [-0.39, 0.29) is 12.6 Å². The van der Waals surface area contributed by atoms with Crippen LogP contribution in [0.15, 0.2) is 0 Å². The van der Waals surface area contributed by atoms with Gasteiger partial charge in [0, 0.05) is 37.2 Å². The van der Waals surface area contributed by atoms with E-state index in [0.717, 1.165) is 13.1 Å². The SMILES string of the molecule is CC1CN(C(=O)N(C)CC(C)C(=O)O)CC(C)S1. The first kappa shape index (κ1) is 15.1. The highest BCUT2D eigenvalue weighted by Crippen LogP contribution is 2.25. The third kappa shape index (κ3) is 4.08. The first-order chi connectivity index (χ1) is 8.31. The highest BCUT2D eigenvalue weighted by atomic mass is 32.2. The van der Waals surface area contributed by atoms with Gasteiger partial charge in [-0.05, 0) is 0 Å². The number of nitrogens with zero attached hydrogens (tertiary/aromatic N) is 2. The molecule has 1 aliphatic rings. The van der Waals surface area contributed by atoms with Crippen LogP contribution in [-0.2, 0) is 4.79 Å². The molecule has 3 atom stereocenters. The molecule has 0 saturated carbocycles. The van der Waals surface area contributed by atoms with Crippen LogP contribution in [-0.4, -0.2) is 64.1 Å². The lowest BCUT2D eigenvalue weighted by Crippen LogP contribution is -2.50. The maximum Gasteiger partial charge on any atom is 0.319 e. The number of aliphatic carboxylic acids is 1. The Labute approximate surface area is 113 Å². The number of urea groups is 1. The van der Waals surface area contributed by atoms with Crippen LogP contribution in [0.1, 0.15) is 20.8 Å². The molecular formula is C12H22N2O3S. The van der Waals surface area contributed by atoms with Crippen molar-refractivity contribution in [3.63, 3.8) is 0 Å². The van der Waals surface area contributed by atoms with Gasteiger partial charge in [-0.15, -0.1) is 0 Å². The van der Waals surface area contributed by atoms with Crippen molar-refractivity contribution >= 4 is 23.8 Å². The third-order valence-corrected chi connectivity index (χ3v) is 4.21. The molecule has 6 heteroatoms. The molecule has 0 bridgehead atoms. The van der Waals surface area contributed by atoms with Gasteiger partial charge >= 0.3 is 12.0 Å². The largest absolute Gasteiger partial charge is 0.481 e. The average Bonchev–Trinajstić information content (AvgIpc) is 2.26. The Morgan fingerprint density at radius 3 is 2.33 bits per heavy atom. The van der Waals surface area contributed by atoms with Crippen molar-refractivity contribution in [2.24, 2.45) is 5.92 Å². The third-order valence-electron chi connectivity index (χ3n) is 2.99. The van der Waals surface area contributed by atoms with Crippen LogP contribution in [0.25, 0.3) is 0 Å². The first-order valence-electron chi connectivity index (χ1n) is 6.19. The Morgan fingerprint density at radius 2 is 1.89 bits per heavy atom. The van der Waals surface area contributed by atoms with Gasteiger partial charge in [0.25, 0.3) is 0 Å². The number of rotatable bonds is 3. The fraction of sp³-hybridized carbons (Fsp3) is 0.833. The number of carboxylic acid groups (broad SMARTS) is 1. The van der Waals surface area contributed by atoms with Crippen LogP contribution < -0.4 is 0 Å². The van der Waals surface area contributed by atoms with Crippen molar-refractivity contribution in [1.82, 2.24) is 9.80 Å². The molecule has 0 spiro atoms. The van der Waals surface area contributed by atoms with Gasteiger partial charge in [-0.3, -0.25) is 4.79 Å². The molecule has 1 fully saturated rings. The van der Waals surface area contributed by atoms with Crippen LogP contribution >= 0.6 is 11.8 Å². The fourth-order valence-electron chi connectivity index (χ4n) is 2.14. The summed E-state index contributed by atoms with van der Waals surface area (Å²) >= 11 is 1.89. The molecule has 1 heterocycles. The molecule has 1 saturated heterocycles. The van der Waals surface area contributed by atoms with Crippen LogP contribution in [0.4, 0.5) is 4.79 Å². The molecule has 1 aliphatic heterocycles. The molecule has 0 aromatic rings. The zero-order chi connectivity index (χ0) is 13.9. The summed E-state index contributed by atoms with van der Waals surface area (Å²) in [7, 11) is 1.67. The Kier molecular flexibility index (Phi) is 5.31. The van der Waals surface area contributed by atoms with E-state index >= 15 is 0 Å². The lowest BCUT2D eigenvalue weighted by Gasteiger charge is -2.37. The molecule has 0 aromatic heterocycles. The van der Waals surface area contributed by atoms with E-state index in [1.165, 1.54) is 4.90 Å². The molecule has 1 rings (SSSR count). The van der Waals surface area contributed by atoms with Crippen LogP contribution in [0.5, 0.6) is 0 Å². The van der Waals surface area contributed by atoms with Gasteiger partial charge in [-0.1, -0.05) is 20.8 Å². The minimum absolute atomic E-state index is 0.0675. The van der Waals surface area contributed by atoms with Gasteiger partial charge in [0.1, 0.15) is 0 Å². The average molecular weight is 274 g/mol. The second-order valence-corrected chi connectivity index (χ2v) is 6.95. The predicted molar refractivity (Wildman–Crippen MR) is 72.9 cm³/mol. The topological polar surface area (TPSA) is 60.9 Å². The van der Waals surface area contributed by atoms with E-state index in [1.54, 1.807) is 14.0 Å². The highest BCUT2D eigenvalue weighted by Gasteiger charge is 2.28. The van der Waals surface area contributed by atoms with Gasteiger partial charge in [0.2, 0.25) is 0 Å². The van der Waals surface area contributed by atoms with Crippen LogP contribution in [0, 0.1) is 5.92 Å². The van der Waals surface area contributed by atoms with Crippen molar-refractivity contribution in [1.29, 1.82) is 0 Å². The zero-order valence-corrected chi connectivity index (χ0v) is 12.2. The second-order valence-electron chi connectivity index (χ2n) is 5.06. The summed E-state index contributed by atoms with van der Waals surface area (Å²) in [5.41, 5.74) is 0. The van der Waals surface area contributed by atoms with E-state index in [2.05, 4.69) is 13.8 Å². The van der Waals surface area contributed by atoms with Crippen LogP contribution in [0.2, 0.25) is 0 Å². The number of hydrogen-bond donors (Lipinski definition) is 1. The van der Waals surface area contributed by atoms with E-state index in [4.69, 9.17) is 5.11 Å². The van der Waals surface area contributed by atoms with Crippen molar-refractivity contribution < 1.29 is 14.7 Å². The van der Waals surface area contributed by atoms with E-state index < -0.39 is 11.9 Å². The quantitative estimate of drug-likeness (QED) is 0.849. The Balaban J connectivity index is 2.55. The number of carbonyl (C=O) groups is 2. The molecule has 0 radical (unpaired) electrons. The molecule has 3 unspecified atom stereocenters. The minimum Gasteiger partial charge on any atom is -0.481 e. The molecular weight excluding hydrogens is 252 g/mol. The molecule has 104 valence electrons. The molecule has 0 aliphatic carbocycles. The van der Waals surface area contributed by atoms with E-state index in [1.807, 2.05) is 16.7 Å². The second kappa shape index (κ2) is 6.31. The predicted octanol–water partition coefficient (Wildman–Crippen LogP) is 1.58. The minimum atomic E-state index is -0.870. The monoisotopic (exact) mass is 274 g/mol. The zero-order valence-electron chi connectivity index (χ0n) is 11.4. The molecule has 1 N–H and O–H groups in total. The number of amides is 2. The Hall–Kier alpha value is -0.910. The molecule has 0 aromatic carbocycles. The summed E-state index contributed by atoms with van der Waals surface area (Å²) in [6, 6.07) is -0.0675. The first-order valence-corrected chi connectivity index (χ1v) is 7.13. The van der Waals surface area contributed by atoms with E-state index in [0.29, 0.717) is 10.5 Å². The standard InChI is InChI=1S/C12H22N2O3S/c1-8(11(15)16)5-13(4)12(17)14-6-9(2)18-10(3)7-14/h8-10H,5-7H2,1-4H3,(H,15,16). The van der Waals surface area contributed by atoms with Gasteiger partial charge < -0.3 is 14.9 Å². The number of carboxylic acids is 1. The van der Waals surface area contributed by atoms with Gasteiger partial charge in [-0.25, -0.2) is 4.79 Å². The maximum absolute atomic E-state index is 12.2. The summed E-state index contributed by atoms with van der Waals surface area (Å²) in [5, 5.41) is 9.72. The summed E-state index contributed by atoms with van der Waals surface area (Å²) in [4.78, 5) is 26.3. The Bertz CT molecular complexity index is 314. The molecule has 2 amide bonds. The molecule has 18 heavy (non-hydrogen) atoms. The van der Waals surface area contributed by atoms with Crippen molar-refractivity contribution in [3.8, 4) is 0 Å². The molecule has 5 nitrogen and oxygen atoms in total. The fourth-order valence-corrected chi connectivity index (χ4v) is 3.47. The summed E-state index contributed by atoms with van der Waals surface area (Å²) < 4.78 is 0. The number of hydrogen-bond acceptors (Lipinski definition) is 3. The van der Waals surface area contributed by atoms with Crippen LogP contribution in [0.3, 0.4) is 0 Å². The normalized spacial score (nSPS) is 25.7. The maximum atomic E-state index is 12.2. The van der Waals surface area contributed by atoms with Crippen molar-refractivity contribution in [3.05, 3.63) is 0 Å². The number of carbonyl (C=O) groups excluding carboxylic acids is 1. The summed E-state index contributed by atoms with van der Waals surface area (Å²) in [5.74, 6) is -1.40. The van der Waals surface area contributed by atoms with Crippen molar-refractivity contribution in [2.75, 3.05) is 26.7 Å².